The lowest BCUT2D eigenvalue weighted by Gasteiger charge is -2.33. The Labute approximate surface area is 114 Å². The quantitative estimate of drug-likeness (QED) is 0.891. The van der Waals surface area contributed by atoms with Gasteiger partial charge in [0.15, 0.2) is 0 Å². The maximum Gasteiger partial charge on any atom is 0.271 e. The molecule has 0 saturated carbocycles. The van der Waals surface area contributed by atoms with Gasteiger partial charge in [-0.05, 0) is 33.2 Å². The van der Waals surface area contributed by atoms with Crippen LogP contribution in [0.2, 0.25) is 0 Å². The average Bonchev–Trinajstić information content (AvgIpc) is 2.41. The first-order valence-electron chi connectivity index (χ1n) is 6.97. The summed E-state index contributed by atoms with van der Waals surface area (Å²) in [5, 5.41) is 2.90. The number of rotatable bonds is 4. The van der Waals surface area contributed by atoms with Gasteiger partial charge in [-0.1, -0.05) is 6.42 Å². The highest BCUT2D eigenvalue weighted by Crippen LogP contribution is 2.15. The van der Waals surface area contributed by atoms with Crippen molar-refractivity contribution in [2.24, 2.45) is 0 Å². The van der Waals surface area contributed by atoms with E-state index in [2.05, 4.69) is 27.1 Å². The second-order valence-electron chi connectivity index (χ2n) is 5.18. The summed E-state index contributed by atoms with van der Waals surface area (Å²) in [6, 6.07) is 0.629. The molecular weight excluding hydrogens is 240 g/mol. The fourth-order valence-electron chi connectivity index (χ4n) is 2.40. The Kier molecular flexibility index (Phi) is 4.85. The van der Waals surface area contributed by atoms with E-state index in [1.807, 2.05) is 6.92 Å². The van der Waals surface area contributed by atoms with Crippen molar-refractivity contribution in [3.05, 3.63) is 23.8 Å². The molecule has 19 heavy (non-hydrogen) atoms. The van der Waals surface area contributed by atoms with Crippen LogP contribution in [0, 0.1) is 6.92 Å². The number of hydrogen-bond acceptors (Lipinski definition) is 4. The van der Waals surface area contributed by atoms with E-state index < -0.39 is 0 Å². The molecule has 0 aliphatic carbocycles. The van der Waals surface area contributed by atoms with Crippen LogP contribution in [0.5, 0.6) is 0 Å². The van der Waals surface area contributed by atoms with E-state index in [1.165, 1.54) is 25.5 Å². The van der Waals surface area contributed by atoms with Gasteiger partial charge in [0.05, 0.1) is 11.9 Å². The van der Waals surface area contributed by atoms with Gasteiger partial charge in [0.25, 0.3) is 5.91 Å². The molecule has 1 N–H and O–H groups in total. The van der Waals surface area contributed by atoms with Gasteiger partial charge in [0.2, 0.25) is 0 Å². The molecule has 1 aromatic rings. The van der Waals surface area contributed by atoms with Crippen LogP contribution < -0.4 is 5.32 Å². The summed E-state index contributed by atoms with van der Waals surface area (Å²) < 4.78 is 0. The SMILES string of the molecule is Cc1cnc(C(=O)NCCN2CCCCC2C)cn1. The molecule has 104 valence electrons. The van der Waals surface area contributed by atoms with Crippen molar-refractivity contribution >= 4 is 5.91 Å². The normalized spacial score (nSPS) is 20.2. The molecule has 5 heteroatoms. The Morgan fingerprint density at radius 2 is 2.26 bits per heavy atom. The summed E-state index contributed by atoms with van der Waals surface area (Å²) in [6.45, 7) is 6.82. The first kappa shape index (κ1) is 13.9. The number of likely N-dealkylation sites (tertiary alicyclic amines) is 1. The highest BCUT2D eigenvalue weighted by Gasteiger charge is 2.17. The minimum Gasteiger partial charge on any atom is -0.349 e. The molecule has 5 nitrogen and oxygen atoms in total. The number of aromatic nitrogens is 2. The van der Waals surface area contributed by atoms with Crippen LogP contribution in [0.4, 0.5) is 0 Å². The van der Waals surface area contributed by atoms with Crippen LogP contribution in [0.15, 0.2) is 12.4 Å². The van der Waals surface area contributed by atoms with E-state index in [1.54, 1.807) is 6.20 Å². The summed E-state index contributed by atoms with van der Waals surface area (Å²) in [5.74, 6) is -0.142. The zero-order chi connectivity index (χ0) is 13.7. The topological polar surface area (TPSA) is 58.1 Å². The van der Waals surface area contributed by atoms with Crippen LogP contribution in [0.3, 0.4) is 0 Å². The second kappa shape index (κ2) is 6.61. The highest BCUT2D eigenvalue weighted by atomic mass is 16.1. The van der Waals surface area contributed by atoms with Crippen LogP contribution in [0.25, 0.3) is 0 Å². The third-order valence-corrected chi connectivity index (χ3v) is 3.64. The van der Waals surface area contributed by atoms with E-state index in [4.69, 9.17) is 0 Å². The lowest BCUT2D eigenvalue weighted by molar-refractivity contribution is 0.0933. The highest BCUT2D eigenvalue weighted by molar-refractivity contribution is 5.91. The molecule has 1 aliphatic heterocycles. The van der Waals surface area contributed by atoms with E-state index in [0.29, 0.717) is 18.3 Å². The van der Waals surface area contributed by atoms with Gasteiger partial charge in [0.1, 0.15) is 5.69 Å². The maximum absolute atomic E-state index is 11.8. The van der Waals surface area contributed by atoms with Crippen LogP contribution >= 0.6 is 0 Å². The van der Waals surface area contributed by atoms with Crippen molar-refractivity contribution in [2.45, 2.75) is 39.2 Å². The Bertz CT molecular complexity index is 418. The Morgan fingerprint density at radius 1 is 1.42 bits per heavy atom. The molecular formula is C14H22N4O. The molecule has 0 bridgehead atoms. The van der Waals surface area contributed by atoms with Crippen molar-refractivity contribution < 1.29 is 4.79 Å². The standard InChI is InChI=1S/C14H22N4O/c1-11-9-17-13(10-16-11)14(19)15-6-8-18-7-4-3-5-12(18)2/h9-10,12H,3-8H2,1-2H3,(H,15,19). The number of aryl methyl sites for hydroxylation is 1. The molecule has 1 unspecified atom stereocenters. The van der Waals surface area contributed by atoms with Crippen LogP contribution in [-0.4, -0.2) is 46.5 Å². The lowest BCUT2D eigenvalue weighted by atomic mass is 10.0. The minimum atomic E-state index is -0.142. The molecule has 2 heterocycles. The average molecular weight is 262 g/mol. The Balaban J connectivity index is 1.76. The molecule has 2 rings (SSSR count). The van der Waals surface area contributed by atoms with E-state index in [-0.39, 0.29) is 5.91 Å². The summed E-state index contributed by atoms with van der Waals surface area (Å²) in [5.41, 5.74) is 1.20. The molecule has 1 fully saturated rings. The van der Waals surface area contributed by atoms with Gasteiger partial charge in [-0.3, -0.25) is 14.7 Å². The number of carbonyl (C=O) groups excluding carboxylic acids is 1. The zero-order valence-electron chi connectivity index (χ0n) is 11.7. The van der Waals surface area contributed by atoms with E-state index in [9.17, 15) is 4.79 Å². The lowest BCUT2D eigenvalue weighted by Crippen LogP contribution is -2.42. The molecule has 1 atom stereocenters. The smallest absolute Gasteiger partial charge is 0.271 e. The molecule has 1 amide bonds. The number of amides is 1. The van der Waals surface area contributed by atoms with Gasteiger partial charge in [-0.2, -0.15) is 0 Å². The molecule has 0 aromatic carbocycles. The van der Waals surface area contributed by atoms with Crippen molar-refractivity contribution in [1.29, 1.82) is 0 Å². The van der Waals surface area contributed by atoms with Crippen LogP contribution in [0.1, 0.15) is 42.4 Å². The van der Waals surface area contributed by atoms with Gasteiger partial charge >= 0.3 is 0 Å². The maximum atomic E-state index is 11.8. The second-order valence-corrected chi connectivity index (χ2v) is 5.18. The fourth-order valence-corrected chi connectivity index (χ4v) is 2.40. The summed E-state index contributed by atoms with van der Waals surface area (Å²) in [6.07, 6.45) is 6.98. The van der Waals surface area contributed by atoms with Gasteiger partial charge in [-0.15, -0.1) is 0 Å². The number of piperidine rings is 1. The Morgan fingerprint density at radius 3 is 2.95 bits per heavy atom. The van der Waals surface area contributed by atoms with Crippen molar-refractivity contribution in [2.75, 3.05) is 19.6 Å². The molecule has 0 radical (unpaired) electrons. The number of nitrogens with zero attached hydrogens (tertiary/aromatic N) is 3. The monoisotopic (exact) mass is 262 g/mol. The Hall–Kier alpha value is -1.49. The summed E-state index contributed by atoms with van der Waals surface area (Å²) >= 11 is 0. The molecule has 0 spiro atoms. The largest absolute Gasteiger partial charge is 0.349 e. The van der Waals surface area contributed by atoms with Crippen molar-refractivity contribution in [3.63, 3.8) is 0 Å². The minimum absolute atomic E-state index is 0.142. The number of hydrogen-bond donors (Lipinski definition) is 1. The zero-order valence-corrected chi connectivity index (χ0v) is 11.7. The predicted molar refractivity (Wildman–Crippen MR) is 74.0 cm³/mol. The first-order chi connectivity index (χ1) is 9.16. The molecule has 1 aromatic heterocycles. The summed E-state index contributed by atoms with van der Waals surface area (Å²) in [4.78, 5) is 22.4. The third-order valence-electron chi connectivity index (χ3n) is 3.64. The fraction of sp³-hybridized carbons (Fsp3) is 0.643. The van der Waals surface area contributed by atoms with E-state index >= 15 is 0 Å². The van der Waals surface area contributed by atoms with Crippen LogP contribution in [-0.2, 0) is 0 Å². The first-order valence-corrected chi connectivity index (χ1v) is 6.97. The van der Waals surface area contributed by atoms with Gasteiger partial charge in [-0.25, -0.2) is 4.98 Å². The van der Waals surface area contributed by atoms with Crippen molar-refractivity contribution in [1.82, 2.24) is 20.2 Å². The summed E-state index contributed by atoms with van der Waals surface area (Å²) in [7, 11) is 0. The number of carbonyl (C=O) groups is 1. The van der Waals surface area contributed by atoms with E-state index in [0.717, 1.165) is 18.8 Å². The van der Waals surface area contributed by atoms with Gasteiger partial charge < -0.3 is 5.32 Å². The van der Waals surface area contributed by atoms with Gasteiger partial charge in [0, 0.05) is 25.3 Å². The van der Waals surface area contributed by atoms with Crippen molar-refractivity contribution in [3.8, 4) is 0 Å². The third kappa shape index (κ3) is 3.99. The predicted octanol–water partition coefficient (Wildman–Crippen LogP) is 1.39. The molecule has 1 saturated heterocycles. The number of nitrogens with one attached hydrogen (secondary N) is 1. The molecule has 1 aliphatic rings.